The summed E-state index contributed by atoms with van der Waals surface area (Å²) in [6.45, 7) is 0.358. The summed E-state index contributed by atoms with van der Waals surface area (Å²) in [5.74, 6) is -0.308. The van der Waals surface area contributed by atoms with Gasteiger partial charge in [0.1, 0.15) is 15.8 Å². The number of nitrogens with two attached hydrogens (primary N) is 1. The molecule has 0 aliphatic rings. The lowest BCUT2D eigenvalue weighted by Gasteiger charge is -1.97. The van der Waals surface area contributed by atoms with E-state index < -0.39 is 0 Å². The van der Waals surface area contributed by atoms with Crippen LogP contribution in [-0.4, -0.2) is 10.2 Å². The van der Waals surface area contributed by atoms with Gasteiger partial charge in [0.25, 0.3) is 0 Å². The van der Waals surface area contributed by atoms with Crippen LogP contribution < -0.4 is 5.73 Å². The third-order valence-corrected chi connectivity index (χ3v) is 3.45. The predicted octanol–water partition coefficient (Wildman–Crippen LogP) is 2.57. The maximum Gasteiger partial charge on any atom is 0.147 e. The van der Waals surface area contributed by atoms with Crippen molar-refractivity contribution in [2.75, 3.05) is 0 Å². The molecule has 0 unspecified atom stereocenters. The normalized spacial score (nSPS) is 10.6. The van der Waals surface area contributed by atoms with Crippen molar-refractivity contribution in [2.24, 2.45) is 5.73 Å². The minimum absolute atomic E-state index is 0.308. The maximum atomic E-state index is 13.2. The van der Waals surface area contributed by atoms with Crippen molar-refractivity contribution in [3.63, 3.8) is 0 Å². The van der Waals surface area contributed by atoms with E-state index in [-0.39, 0.29) is 5.82 Å². The molecule has 0 bridgehead atoms. The minimum Gasteiger partial charge on any atom is -0.324 e. The van der Waals surface area contributed by atoms with Gasteiger partial charge < -0.3 is 5.73 Å². The van der Waals surface area contributed by atoms with Crippen molar-refractivity contribution in [1.29, 1.82) is 0 Å². The molecular weight excluding hydrogens is 281 g/mol. The highest BCUT2D eigenvalue weighted by atomic mass is 79.9. The third kappa shape index (κ3) is 2.22. The molecule has 0 radical (unpaired) electrons. The summed E-state index contributed by atoms with van der Waals surface area (Å²) in [6, 6.07) is 4.85. The highest BCUT2D eigenvalue weighted by molar-refractivity contribution is 9.10. The molecule has 2 rings (SSSR count). The van der Waals surface area contributed by atoms with E-state index in [1.54, 1.807) is 12.1 Å². The van der Waals surface area contributed by atoms with Gasteiger partial charge in [-0.1, -0.05) is 17.4 Å². The molecule has 0 atom stereocenters. The Balaban J connectivity index is 2.40. The molecule has 0 saturated carbocycles. The molecule has 2 aromatic rings. The smallest absolute Gasteiger partial charge is 0.147 e. The van der Waals surface area contributed by atoms with E-state index in [2.05, 4.69) is 26.1 Å². The van der Waals surface area contributed by atoms with Crippen LogP contribution >= 0.6 is 27.3 Å². The maximum absolute atomic E-state index is 13.2. The summed E-state index contributed by atoms with van der Waals surface area (Å²) < 4.78 is 13.7. The Morgan fingerprint density at radius 3 is 2.80 bits per heavy atom. The number of hydrogen-bond acceptors (Lipinski definition) is 4. The fourth-order valence-corrected chi connectivity index (χ4v) is 2.04. The molecule has 1 aromatic carbocycles. The third-order valence-electron chi connectivity index (χ3n) is 1.81. The van der Waals surface area contributed by atoms with Crippen molar-refractivity contribution in [1.82, 2.24) is 10.2 Å². The van der Waals surface area contributed by atoms with E-state index in [4.69, 9.17) is 5.73 Å². The molecule has 1 aromatic heterocycles. The Kier molecular flexibility index (Phi) is 3.08. The second-order valence-corrected chi connectivity index (χ2v) is 4.75. The van der Waals surface area contributed by atoms with Crippen LogP contribution in [0.25, 0.3) is 10.6 Å². The molecule has 0 fully saturated rings. The first-order valence-corrected chi connectivity index (χ1v) is 5.79. The first-order valence-electron chi connectivity index (χ1n) is 4.18. The van der Waals surface area contributed by atoms with Crippen molar-refractivity contribution < 1.29 is 4.39 Å². The van der Waals surface area contributed by atoms with Crippen LogP contribution in [0.2, 0.25) is 0 Å². The highest BCUT2D eigenvalue weighted by Gasteiger charge is 2.07. The fourth-order valence-electron chi connectivity index (χ4n) is 1.08. The van der Waals surface area contributed by atoms with Crippen LogP contribution in [-0.2, 0) is 6.54 Å². The van der Waals surface area contributed by atoms with E-state index in [0.29, 0.717) is 21.6 Å². The van der Waals surface area contributed by atoms with Crippen molar-refractivity contribution >= 4 is 27.3 Å². The Morgan fingerprint density at radius 2 is 2.20 bits per heavy atom. The lowest BCUT2D eigenvalue weighted by molar-refractivity contribution is 0.621. The van der Waals surface area contributed by atoms with Gasteiger partial charge in [0.2, 0.25) is 0 Å². The van der Waals surface area contributed by atoms with Gasteiger partial charge in [-0.15, -0.1) is 10.2 Å². The summed E-state index contributed by atoms with van der Waals surface area (Å²) in [5, 5.41) is 9.23. The first kappa shape index (κ1) is 10.7. The van der Waals surface area contributed by atoms with Gasteiger partial charge >= 0.3 is 0 Å². The van der Waals surface area contributed by atoms with E-state index in [1.165, 1.54) is 17.4 Å². The summed E-state index contributed by atoms with van der Waals surface area (Å²) >= 11 is 4.46. The Morgan fingerprint density at radius 1 is 1.40 bits per heavy atom. The Hall–Kier alpha value is -0.850. The summed E-state index contributed by atoms with van der Waals surface area (Å²) in [4.78, 5) is 0. The SMILES string of the molecule is NCc1nnc(-c2ccc(Br)c(F)c2)s1. The molecular formula is C9H7BrFN3S. The van der Waals surface area contributed by atoms with Crippen LogP contribution in [0, 0.1) is 5.82 Å². The van der Waals surface area contributed by atoms with Crippen LogP contribution in [0.3, 0.4) is 0 Å². The zero-order chi connectivity index (χ0) is 10.8. The van der Waals surface area contributed by atoms with Gasteiger partial charge in [-0.25, -0.2) is 4.39 Å². The molecule has 15 heavy (non-hydrogen) atoms. The average molecular weight is 288 g/mol. The largest absolute Gasteiger partial charge is 0.324 e. The number of aromatic nitrogens is 2. The van der Waals surface area contributed by atoms with Gasteiger partial charge in [0.05, 0.1) is 4.47 Å². The number of halogens is 2. The molecule has 1 heterocycles. The second kappa shape index (κ2) is 4.34. The quantitative estimate of drug-likeness (QED) is 0.924. The fraction of sp³-hybridized carbons (Fsp3) is 0.111. The zero-order valence-corrected chi connectivity index (χ0v) is 9.98. The van der Waals surface area contributed by atoms with Crippen molar-refractivity contribution in [3.8, 4) is 10.6 Å². The summed E-state index contributed by atoms with van der Waals surface area (Å²) in [5.41, 5.74) is 6.14. The molecule has 0 saturated heterocycles. The van der Waals surface area contributed by atoms with Crippen LogP contribution in [0.4, 0.5) is 4.39 Å². The number of hydrogen-bond donors (Lipinski definition) is 1. The molecule has 0 aliphatic heterocycles. The van der Waals surface area contributed by atoms with Crippen molar-refractivity contribution in [3.05, 3.63) is 33.5 Å². The zero-order valence-electron chi connectivity index (χ0n) is 7.58. The van der Waals surface area contributed by atoms with E-state index in [0.717, 1.165) is 5.01 Å². The van der Waals surface area contributed by atoms with E-state index >= 15 is 0 Å². The standard InChI is InChI=1S/C9H7BrFN3S/c10-6-2-1-5(3-7(6)11)9-14-13-8(4-12)15-9/h1-3H,4,12H2. The highest BCUT2D eigenvalue weighted by Crippen LogP contribution is 2.26. The molecule has 2 N–H and O–H groups in total. The molecule has 0 spiro atoms. The average Bonchev–Trinajstić information content (AvgIpc) is 2.70. The van der Waals surface area contributed by atoms with Gasteiger partial charge in [-0.3, -0.25) is 0 Å². The molecule has 0 amide bonds. The predicted molar refractivity (Wildman–Crippen MR) is 60.9 cm³/mol. The summed E-state index contributed by atoms with van der Waals surface area (Å²) in [6.07, 6.45) is 0. The van der Waals surface area contributed by atoms with Crippen LogP contribution in [0.1, 0.15) is 5.01 Å². The summed E-state index contributed by atoms with van der Waals surface area (Å²) in [7, 11) is 0. The van der Waals surface area contributed by atoms with Gasteiger partial charge in [0, 0.05) is 12.1 Å². The number of rotatable bonds is 2. The Bertz CT molecular complexity index is 486. The lowest BCUT2D eigenvalue weighted by Crippen LogP contribution is -1.94. The number of benzene rings is 1. The van der Waals surface area contributed by atoms with E-state index in [1.807, 2.05) is 0 Å². The molecule has 78 valence electrons. The van der Waals surface area contributed by atoms with Gasteiger partial charge in [0.15, 0.2) is 0 Å². The monoisotopic (exact) mass is 287 g/mol. The first-order chi connectivity index (χ1) is 7.20. The lowest BCUT2D eigenvalue weighted by atomic mass is 10.2. The molecule has 6 heteroatoms. The van der Waals surface area contributed by atoms with Gasteiger partial charge in [-0.2, -0.15) is 0 Å². The van der Waals surface area contributed by atoms with Crippen molar-refractivity contribution in [2.45, 2.75) is 6.54 Å². The van der Waals surface area contributed by atoms with Crippen LogP contribution in [0.15, 0.2) is 22.7 Å². The van der Waals surface area contributed by atoms with Crippen LogP contribution in [0.5, 0.6) is 0 Å². The number of nitrogens with zero attached hydrogens (tertiary/aromatic N) is 2. The molecule has 0 aliphatic carbocycles. The second-order valence-electron chi connectivity index (χ2n) is 2.83. The molecule has 3 nitrogen and oxygen atoms in total. The minimum atomic E-state index is -0.308. The van der Waals surface area contributed by atoms with E-state index in [9.17, 15) is 4.39 Å². The van der Waals surface area contributed by atoms with Gasteiger partial charge in [-0.05, 0) is 28.1 Å². The topological polar surface area (TPSA) is 51.8 Å². The Labute approximate surface area is 98.3 Å².